The number of nitrogens with one attached hydrogen (secondary N) is 2. The predicted molar refractivity (Wildman–Crippen MR) is 110 cm³/mol. The molecule has 1 unspecified atom stereocenters. The highest BCUT2D eigenvalue weighted by Gasteiger charge is 2.32. The summed E-state index contributed by atoms with van der Waals surface area (Å²) in [5, 5.41) is 5.48. The average Bonchev–Trinajstić information content (AvgIpc) is 3.12. The van der Waals surface area contributed by atoms with E-state index in [4.69, 9.17) is 9.47 Å². The molecule has 0 aliphatic carbocycles. The Kier molecular flexibility index (Phi) is 6.41. The van der Waals surface area contributed by atoms with Crippen LogP contribution in [0.2, 0.25) is 0 Å². The van der Waals surface area contributed by atoms with Crippen LogP contribution in [-0.2, 0) is 9.53 Å². The topological polar surface area (TPSA) is 106 Å². The summed E-state index contributed by atoms with van der Waals surface area (Å²) in [6.07, 6.45) is 0.184. The number of carbonyl (C=O) groups is 3. The van der Waals surface area contributed by atoms with Gasteiger partial charge in [-0.1, -0.05) is 0 Å². The van der Waals surface area contributed by atoms with Crippen molar-refractivity contribution in [3.63, 3.8) is 0 Å². The quantitative estimate of drug-likeness (QED) is 0.705. The molecule has 2 aromatic rings. The number of hydrogen-bond donors (Lipinski definition) is 2. The van der Waals surface area contributed by atoms with Gasteiger partial charge in [0.05, 0.1) is 32.9 Å². The van der Waals surface area contributed by atoms with Crippen LogP contribution < -0.4 is 25.0 Å². The van der Waals surface area contributed by atoms with Gasteiger partial charge in [-0.15, -0.1) is 0 Å². The van der Waals surface area contributed by atoms with E-state index in [-0.39, 0.29) is 18.4 Å². The van der Waals surface area contributed by atoms with E-state index in [9.17, 15) is 14.4 Å². The highest BCUT2D eigenvalue weighted by atomic mass is 16.5. The van der Waals surface area contributed by atoms with Crippen LogP contribution in [0.4, 0.5) is 16.2 Å². The molecule has 9 heteroatoms. The lowest BCUT2D eigenvalue weighted by atomic mass is 10.2. The summed E-state index contributed by atoms with van der Waals surface area (Å²) in [5.41, 5.74) is 1.57. The van der Waals surface area contributed by atoms with Crippen molar-refractivity contribution in [2.24, 2.45) is 0 Å². The Morgan fingerprint density at radius 1 is 1.00 bits per heavy atom. The van der Waals surface area contributed by atoms with Gasteiger partial charge in [-0.05, 0) is 36.4 Å². The highest BCUT2D eigenvalue weighted by molar-refractivity contribution is 5.98. The number of anilines is 2. The van der Waals surface area contributed by atoms with Crippen LogP contribution in [0, 0.1) is 0 Å². The minimum atomic E-state index is -0.453. The van der Waals surface area contributed by atoms with Gasteiger partial charge < -0.3 is 29.7 Å². The number of rotatable bonds is 6. The summed E-state index contributed by atoms with van der Waals surface area (Å²) >= 11 is 0. The molecule has 0 spiro atoms. The van der Waals surface area contributed by atoms with E-state index >= 15 is 0 Å². The van der Waals surface area contributed by atoms with E-state index in [2.05, 4.69) is 15.4 Å². The number of nitrogens with zero attached hydrogens (tertiary/aromatic N) is 1. The standard InChI is InChI=1S/C21H23N3O6/c1-28-17-9-8-16(11-18(17)29-2)24-12-15(10-19(24)25)23-21(27)22-14-6-4-13(5-7-14)20(26)30-3/h4-9,11,15H,10,12H2,1-3H3,(H2,22,23,27). The molecule has 1 fully saturated rings. The van der Waals surface area contributed by atoms with E-state index in [0.717, 1.165) is 0 Å². The maximum atomic E-state index is 12.4. The SMILES string of the molecule is COC(=O)c1ccc(NC(=O)NC2CC(=O)N(c3ccc(OC)c(OC)c3)C2)cc1. The lowest BCUT2D eigenvalue weighted by Gasteiger charge is -2.19. The average molecular weight is 413 g/mol. The third-order valence-corrected chi connectivity index (χ3v) is 4.70. The first-order chi connectivity index (χ1) is 14.4. The van der Waals surface area contributed by atoms with Gasteiger partial charge in [-0.2, -0.15) is 0 Å². The monoisotopic (exact) mass is 413 g/mol. The normalized spacial score (nSPS) is 15.5. The number of hydrogen-bond acceptors (Lipinski definition) is 6. The lowest BCUT2D eigenvalue weighted by molar-refractivity contribution is -0.117. The van der Waals surface area contributed by atoms with Crippen molar-refractivity contribution in [3.8, 4) is 11.5 Å². The van der Waals surface area contributed by atoms with Crippen molar-refractivity contribution < 1.29 is 28.6 Å². The van der Waals surface area contributed by atoms with Crippen molar-refractivity contribution in [2.45, 2.75) is 12.5 Å². The van der Waals surface area contributed by atoms with E-state index in [1.54, 1.807) is 54.5 Å². The van der Waals surface area contributed by atoms with E-state index in [0.29, 0.717) is 35.0 Å². The molecular formula is C21H23N3O6. The molecule has 3 rings (SSSR count). The molecule has 2 aromatic carbocycles. The Labute approximate surface area is 173 Å². The number of esters is 1. The summed E-state index contributed by atoms with van der Waals surface area (Å²) < 4.78 is 15.1. The number of amides is 3. The van der Waals surface area contributed by atoms with Crippen molar-refractivity contribution in [1.29, 1.82) is 0 Å². The molecule has 9 nitrogen and oxygen atoms in total. The van der Waals surface area contributed by atoms with Crippen molar-refractivity contribution in [3.05, 3.63) is 48.0 Å². The third kappa shape index (κ3) is 4.62. The third-order valence-electron chi connectivity index (χ3n) is 4.70. The molecule has 1 atom stereocenters. The minimum absolute atomic E-state index is 0.102. The summed E-state index contributed by atoms with van der Waals surface area (Å²) in [6.45, 7) is 0.336. The Morgan fingerprint density at radius 3 is 2.33 bits per heavy atom. The molecule has 0 bridgehead atoms. The Balaban J connectivity index is 1.60. The minimum Gasteiger partial charge on any atom is -0.493 e. The second kappa shape index (κ2) is 9.17. The maximum absolute atomic E-state index is 12.4. The molecule has 0 saturated carbocycles. The van der Waals surface area contributed by atoms with Gasteiger partial charge in [0.1, 0.15) is 0 Å². The van der Waals surface area contributed by atoms with Crippen LogP contribution in [0.3, 0.4) is 0 Å². The van der Waals surface area contributed by atoms with Gasteiger partial charge >= 0.3 is 12.0 Å². The molecular weight excluding hydrogens is 390 g/mol. The van der Waals surface area contributed by atoms with Crippen molar-refractivity contribution >= 4 is 29.3 Å². The molecule has 1 saturated heterocycles. The zero-order chi connectivity index (χ0) is 21.7. The van der Waals surface area contributed by atoms with Crippen LogP contribution in [0.25, 0.3) is 0 Å². The fourth-order valence-electron chi connectivity index (χ4n) is 3.21. The zero-order valence-electron chi connectivity index (χ0n) is 16.9. The fourth-order valence-corrected chi connectivity index (χ4v) is 3.21. The molecule has 30 heavy (non-hydrogen) atoms. The Morgan fingerprint density at radius 2 is 1.70 bits per heavy atom. The van der Waals surface area contributed by atoms with Crippen LogP contribution in [0.15, 0.2) is 42.5 Å². The molecule has 2 N–H and O–H groups in total. The fraction of sp³-hybridized carbons (Fsp3) is 0.286. The molecule has 3 amide bonds. The van der Waals surface area contributed by atoms with Crippen molar-refractivity contribution in [1.82, 2.24) is 5.32 Å². The van der Waals surface area contributed by atoms with E-state index in [1.807, 2.05) is 0 Å². The zero-order valence-corrected chi connectivity index (χ0v) is 16.9. The summed E-state index contributed by atoms with van der Waals surface area (Å²) in [7, 11) is 4.37. The number of benzene rings is 2. The van der Waals surface area contributed by atoms with Crippen LogP contribution >= 0.6 is 0 Å². The summed E-state index contributed by atoms with van der Waals surface area (Å²) in [5.74, 6) is 0.535. The second-order valence-electron chi connectivity index (χ2n) is 6.61. The number of urea groups is 1. The number of ether oxygens (including phenoxy) is 3. The van der Waals surface area contributed by atoms with Gasteiger partial charge in [0.2, 0.25) is 5.91 Å². The van der Waals surface area contributed by atoms with Crippen LogP contribution in [-0.4, -0.2) is 51.8 Å². The smallest absolute Gasteiger partial charge is 0.337 e. The first kappa shape index (κ1) is 21.0. The first-order valence-corrected chi connectivity index (χ1v) is 9.23. The van der Waals surface area contributed by atoms with Gasteiger partial charge in [0.25, 0.3) is 0 Å². The Hall–Kier alpha value is -3.75. The molecule has 158 valence electrons. The summed E-state index contributed by atoms with van der Waals surface area (Å²) in [6, 6.07) is 10.7. The molecule has 1 aliphatic rings. The molecule has 1 heterocycles. The van der Waals surface area contributed by atoms with Gasteiger partial charge in [-0.3, -0.25) is 4.79 Å². The molecule has 1 aliphatic heterocycles. The number of carbonyl (C=O) groups excluding carboxylic acids is 3. The first-order valence-electron chi connectivity index (χ1n) is 9.23. The predicted octanol–water partition coefficient (Wildman–Crippen LogP) is 2.42. The van der Waals surface area contributed by atoms with Crippen molar-refractivity contribution in [2.75, 3.05) is 38.1 Å². The largest absolute Gasteiger partial charge is 0.493 e. The lowest BCUT2D eigenvalue weighted by Crippen LogP contribution is -2.39. The van der Waals surface area contributed by atoms with Crippen LogP contribution in [0.1, 0.15) is 16.8 Å². The van der Waals surface area contributed by atoms with E-state index < -0.39 is 12.0 Å². The van der Waals surface area contributed by atoms with E-state index in [1.165, 1.54) is 14.2 Å². The maximum Gasteiger partial charge on any atom is 0.337 e. The summed E-state index contributed by atoms with van der Waals surface area (Å²) in [4.78, 5) is 37.8. The second-order valence-corrected chi connectivity index (χ2v) is 6.61. The Bertz CT molecular complexity index is 944. The van der Waals surface area contributed by atoms with Gasteiger partial charge in [0, 0.05) is 30.4 Å². The molecule has 0 radical (unpaired) electrons. The number of methoxy groups -OCH3 is 3. The van der Waals surface area contributed by atoms with Gasteiger partial charge in [-0.25, -0.2) is 9.59 Å². The van der Waals surface area contributed by atoms with Gasteiger partial charge in [0.15, 0.2) is 11.5 Å². The highest BCUT2D eigenvalue weighted by Crippen LogP contribution is 2.33. The van der Waals surface area contributed by atoms with Crippen LogP contribution in [0.5, 0.6) is 11.5 Å². The molecule has 0 aromatic heterocycles.